The number of esters is 1. The van der Waals surface area contributed by atoms with Gasteiger partial charge in [-0.2, -0.15) is 8.42 Å². The van der Waals surface area contributed by atoms with Gasteiger partial charge in [0.15, 0.2) is 11.5 Å². The summed E-state index contributed by atoms with van der Waals surface area (Å²) in [6.45, 7) is 1.45. The number of nitrogens with zero attached hydrogens (tertiary/aromatic N) is 1. The topological polar surface area (TPSA) is 126 Å². The molecule has 0 spiro atoms. The second-order valence-corrected chi connectivity index (χ2v) is 9.24. The Bertz CT molecular complexity index is 1240. The van der Waals surface area contributed by atoms with E-state index in [0.29, 0.717) is 23.1 Å². The van der Waals surface area contributed by atoms with Crippen molar-refractivity contribution in [3.63, 3.8) is 0 Å². The lowest BCUT2D eigenvalue weighted by Gasteiger charge is -2.13. The fourth-order valence-electron chi connectivity index (χ4n) is 2.84. The highest BCUT2D eigenvalue weighted by molar-refractivity contribution is 8.18. The van der Waals surface area contributed by atoms with E-state index >= 15 is 0 Å². The summed E-state index contributed by atoms with van der Waals surface area (Å²) < 4.78 is 45.7. The summed E-state index contributed by atoms with van der Waals surface area (Å²) in [5, 5.41) is -0.600. The fourth-order valence-corrected chi connectivity index (χ4v) is 4.62. The number of hydrogen-bond donors (Lipinski definition) is 0. The maximum absolute atomic E-state index is 12.7. The molecular formula is C22H21NO9S2. The number of carbonyl (C=O) groups excluding carboxylic acids is 3. The van der Waals surface area contributed by atoms with Crippen molar-refractivity contribution in [3.8, 4) is 17.2 Å². The number of hydrogen-bond acceptors (Lipinski definition) is 10. The van der Waals surface area contributed by atoms with E-state index in [9.17, 15) is 22.8 Å². The molecule has 0 aromatic heterocycles. The zero-order valence-corrected chi connectivity index (χ0v) is 20.1. The van der Waals surface area contributed by atoms with Gasteiger partial charge < -0.3 is 18.4 Å². The van der Waals surface area contributed by atoms with E-state index in [-0.39, 0.29) is 27.9 Å². The molecule has 0 radical (unpaired) electrons. The summed E-state index contributed by atoms with van der Waals surface area (Å²) in [5.74, 6) is -0.785. The molecule has 0 saturated carbocycles. The molecular weight excluding hydrogens is 486 g/mol. The minimum absolute atomic E-state index is 0.0476. The minimum Gasteiger partial charge on any atom is -0.497 e. The molecule has 1 aliphatic heterocycles. The summed E-state index contributed by atoms with van der Waals surface area (Å²) >= 11 is 0.675. The van der Waals surface area contributed by atoms with E-state index in [1.807, 2.05) is 0 Å². The van der Waals surface area contributed by atoms with E-state index in [1.165, 1.54) is 55.7 Å². The number of ether oxygens (including phenoxy) is 3. The Labute approximate surface area is 200 Å². The maximum Gasteiger partial charge on any atom is 0.339 e. The van der Waals surface area contributed by atoms with Gasteiger partial charge in [-0.3, -0.25) is 19.3 Å². The lowest BCUT2D eigenvalue weighted by molar-refractivity contribution is -0.143. The van der Waals surface area contributed by atoms with Crippen molar-refractivity contribution in [3.05, 3.63) is 52.9 Å². The third-order valence-corrected chi connectivity index (χ3v) is 6.66. The Kier molecular flexibility index (Phi) is 7.84. The summed E-state index contributed by atoms with van der Waals surface area (Å²) in [6.07, 6.45) is 1.44. The maximum atomic E-state index is 12.7. The van der Waals surface area contributed by atoms with E-state index in [4.69, 9.17) is 13.7 Å². The van der Waals surface area contributed by atoms with Gasteiger partial charge in [0.1, 0.15) is 17.2 Å². The average Bonchev–Trinajstić information content (AvgIpc) is 3.08. The molecule has 34 heavy (non-hydrogen) atoms. The quantitative estimate of drug-likeness (QED) is 0.284. The number of benzene rings is 2. The van der Waals surface area contributed by atoms with Crippen LogP contribution in [0.25, 0.3) is 6.08 Å². The predicted molar refractivity (Wildman–Crippen MR) is 123 cm³/mol. The standard InChI is InChI=1S/C22H21NO9S2/c1-4-31-18-11-14(12-19-21(25)23(22(26)33-19)13-20(24)30-3)5-10-17(18)32-34(27,28)16-8-6-15(29-2)7-9-16/h5-12H,4,13H2,1-3H3/b19-12-. The second-order valence-electron chi connectivity index (χ2n) is 6.70. The van der Waals surface area contributed by atoms with Crippen molar-refractivity contribution in [1.82, 2.24) is 4.90 Å². The van der Waals surface area contributed by atoms with Crippen LogP contribution < -0.4 is 13.7 Å². The highest BCUT2D eigenvalue weighted by Crippen LogP contribution is 2.35. The Morgan fingerprint density at radius 3 is 2.38 bits per heavy atom. The molecule has 12 heteroatoms. The molecule has 2 aromatic rings. The van der Waals surface area contributed by atoms with Crippen LogP contribution in [0.2, 0.25) is 0 Å². The first kappa shape index (κ1) is 25.1. The van der Waals surface area contributed by atoms with E-state index in [0.717, 1.165) is 12.0 Å². The predicted octanol–water partition coefficient (Wildman–Crippen LogP) is 3.07. The van der Waals surface area contributed by atoms with Crippen LogP contribution in [0.4, 0.5) is 4.79 Å². The van der Waals surface area contributed by atoms with Gasteiger partial charge in [-0.15, -0.1) is 0 Å². The summed E-state index contributed by atoms with van der Waals surface area (Å²) in [6, 6.07) is 10.1. The van der Waals surface area contributed by atoms with Gasteiger partial charge in [0, 0.05) is 0 Å². The average molecular weight is 508 g/mol. The second kappa shape index (κ2) is 10.6. The van der Waals surface area contributed by atoms with Gasteiger partial charge in [-0.25, -0.2) is 0 Å². The Morgan fingerprint density at radius 1 is 1.06 bits per heavy atom. The lowest BCUT2D eigenvalue weighted by atomic mass is 10.2. The van der Waals surface area contributed by atoms with Gasteiger partial charge in [0.25, 0.3) is 11.1 Å². The first-order chi connectivity index (χ1) is 16.2. The van der Waals surface area contributed by atoms with Gasteiger partial charge >= 0.3 is 16.1 Å². The van der Waals surface area contributed by atoms with Crippen LogP contribution in [0.3, 0.4) is 0 Å². The molecule has 3 rings (SSSR count). The fraction of sp³-hybridized carbons (Fsp3) is 0.227. The highest BCUT2D eigenvalue weighted by atomic mass is 32.2. The van der Waals surface area contributed by atoms with Gasteiger partial charge in [0.2, 0.25) is 0 Å². The molecule has 2 amide bonds. The van der Waals surface area contributed by atoms with Crippen molar-refractivity contribution in [2.75, 3.05) is 27.4 Å². The van der Waals surface area contributed by atoms with Crippen LogP contribution in [0, 0.1) is 0 Å². The molecule has 0 atom stereocenters. The highest BCUT2D eigenvalue weighted by Gasteiger charge is 2.36. The summed E-state index contributed by atoms with van der Waals surface area (Å²) in [4.78, 5) is 36.8. The molecule has 1 heterocycles. The van der Waals surface area contributed by atoms with Crippen LogP contribution >= 0.6 is 11.8 Å². The lowest BCUT2D eigenvalue weighted by Crippen LogP contribution is -2.34. The first-order valence-electron chi connectivity index (χ1n) is 9.86. The molecule has 0 unspecified atom stereocenters. The molecule has 2 aromatic carbocycles. The molecule has 0 aliphatic carbocycles. The first-order valence-corrected chi connectivity index (χ1v) is 12.1. The number of amides is 2. The Hall–Kier alpha value is -3.51. The van der Waals surface area contributed by atoms with Crippen LogP contribution in [-0.2, 0) is 24.4 Å². The monoisotopic (exact) mass is 507 g/mol. The van der Waals surface area contributed by atoms with Crippen molar-refractivity contribution < 1.29 is 41.2 Å². The number of imide groups is 1. The van der Waals surface area contributed by atoms with Gasteiger partial charge in [-0.05, 0) is 66.7 Å². The molecule has 1 aliphatic rings. The summed E-state index contributed by atoms with van der Waals surface area (Å²) in [5.41, 5.74) is 0.459. The Morgan fingerprint density at radius 2 is 1.76 bits per heavy atom. The third kappa shape index (κ3) is 5.69. The minimum atomic E-state index is -4.16. The van der Waals surface area contributed by atoms with Crippen molar-refractivity contribution in [2.45, 2.75) is 11.8 Å². The van der Waals surface area contributed by atoms with Gasteiger partial charge in [-0.1, -0.05) is 6.07 Å². The molecule has 0 N–H and O–H groups in total. The number of methoxy groups -OCH3 is 2. The zero-order chi connectivity index (χ0) is 24.9. The van der Waals surface area contributed by atoms with Crippen molar-refractivity contribution >= 4 is 45.1 Å². The van der Waals surface area contributed by atoms with Crippen LogP contribution in [0.5, 0.6) is 17.2 Å². The molecule has 1 fully saturated rings. The SMILES string of the molecule is CCOc1cc(/C=C2\SC(=O)N(CC(=O)OC)C2=O)ccc1OS(=O)(=O)c1ccc(OC)cc1. The molecule has 10 nitrogen and oxygen atoms in total. The largest absolute Gasteiger partial charge is 0.497 e. The zero-order valence-electron chi connectivity index (χ0n) is 18.5. The van der Waals surface area contributed by atoms with Crippen molar-refractivity contribution in [1.29, 1.82) is 0 Å². The van der Waals surface area contributed by atoms with E-state index in [2.05, 4.69) is 4.74 Å². The molecule has 180 valence electrons. The number of carbonyl (C=O) groups is 3. The van der Waals surface area contributed by atoms with E-state index < -0.39 is 33.8 Å². The molecule has 1 saturated heterocycles. The van der Waals surface area contributed by atoms with Crippen LogP contribution in [0.1, 0.15) is 12.5 Å². The summed E-state index contributed by atoms with van der Waals surface area (Å²) in [7, 11) is -1.53. The smallest absolute Gasteiger partial charge is 0.339 e. The van der Waals surface area contributed by atoms with E-state index in [1.54, 1.807) is 6.92 Å². The number of thioether (sulfide) groups is 1. The van der Waals surface area contributed by atoms with Crippen LogP contribution in [0.15, 0.2) is 52.3 Å². The number of rotatable bonds is 9. The van der Waals surface area contributed by atoms with Gasteiger partial charge in [0.05, 0.1) is 25.7 Å². The van der Waals surface area contributed by atoms with Crippen molar-refractivity contribution in [2.24, 2.45) is 0 Å². The normalized spacial score (nSPS) is 14.9. The Balaban J connectivity index is 1.86. The van der Waals surface area contributed by atoms with Crippen LogP contribution in [-0.4, -0.2) is 57.8 Å². The third-order valence-electron chi connectivity index (χ3n) is 4.50. The molecule has 0 bridgehead atoms.